The van der Waals surface area contributed by atoms with Gasteiger partial charge in [0.1, 0.15) is 10.6 Å². The standard InChI is InChI=1S/C19H19N3OS/c1-14(12-13-15-8-4-2-5-9-15)20-19(23)18-17(21-22-24-18)16-10-6-3-7-11-16/h2-11,14H,12-13H2,1H3,(H,20,23)/t14-/m0/s1. The third-order valence-corrected chi connectivity index (χ3v) is 4.55. The molecule has 0 spiro atoms. The van der Waals surface area contributed by atoms with Crippen LogP contribution in [0.4, 0.5) is 0 Å². The highest BCUT2D eigenvalue weighted by atomic mass is 32.1. The summed E-state index contributed by atoms with van der Waals surface area (Å²) in [7, 11) is 0. The monoisotopic (exact) mass is 337 g/mol. The molecule has 1 aromatic heterocycles. The fraction of sp³-hybridized carbons (Fsp3) is 0.211. The van der Waals surface area contributed by atoms with Crippen LogP contribution in [0.3, 0.4) is 0 Å². The molecule has 1 N–H and O–H groups in total. The Labute approximate surface area is 145 Å². The minimum Gasteiger partial charge on any atom is -0.349 e. The van der Waals surface area contributed by atoms with Crippen molar-refractivity contribution in [1.82, 2.24) is 14.9 Å². The Morgan fingerprint density at radius 3 is 2.46 bits per heavy atom. The first-order valence-electron chi connectivity index (χ1n) is 7.96. The number of nitrogens with one attached hydrogen (secondary N) is 1. The highest BCUT2D eigenvalue weighted by molar-refractivity contribution is 7.08. The summed E-state index contributed by atoms with van der Waals surface area (Å²) in [6.45, 7) is 2.03. The number of rotatable bonds is 6. The van der Waals surface area contributed by atoms with Crippen molar-refractivity contribution < 1.29 is 4.79 Å². The molecule has 0 saturated carbocycles. The average molecular weight is 337 g/mol. The van der Waals surface area contributed by atoms with Crippen LogP contribution in [0.2, 0.25) is 0 Å². The Bertz CT molecular complexity index is 787. The van der Waals surface area contributed by atoms with Gasteiger partial charge >= 0.3 is 0 Å². The van der Waals surface area contributed by atoms with Crippen molar-refractivity contribution in [3.8, 4) is 11.3 Å². The van der Waals surface area contributed by atoms with Crippen molar-refractivity contribution in [2.24, 2.45) is 0 Å². The van der Waals surface area contributed by atoms with Gasteiger partial charge < -0.3 is 5.32 Å². The molecule has 0 saturated heterocycles. The zero-order chi connectivity index (χ0) is 16.8. The summed E-state index contributed by atoms with van der Waals surface area (Å²) >= 11 is 1.14. The van der Waals surface area contributed by atoms with Crippen LogP contribution in [0.25, 0.3) is 11.3 Å². The highest BCUT2D eigenvalue weighted by Gasteiger charge is 2.19. The quantitative estimate of drug-likeness (QED) is 0.741. The third-order valence-electron chi connectivity index (χ3n) is 3.83. The lowest BCUT2D eigenvalue weighted by atomic mass is 10.1. The fourth-order valence-corrected chi connectivity index (χ4v) is 3.11. The van der Waals surface area contributed by atoms with Gasteiger partial charge in [0.25, 0.3) is 5.91 Å². The molecule has 1 atom stereocenters. The first-order chi connectivity index (χ1) is 11.7. The van der Waals surface area contributed by atoms with Gasteiger partial charge in [-0.05, 0) is 36.9 Å². The topological polar surface area (TPSA) is 54.9 Å². The van der Waals surface area contributed by atoms with Gasteiger partial charge in [0, 0.05) is 11.6 Å². The summed E-state index contributed by atoms with van der Waals surface area (Å²) in [5.41, 5.74) is 2.84. The second kappa shape index (κ2) is 7.84. The maximum absolute atomic E-state index is 12.5. The molecule has 0 aliphatic carbocycles. The van der Waals surface area contributed by atoms with E-state index in [0.717, 1.165) is 29.9 Å². The summed E-state index contributed by atoms with van der Waals surface area (Å²) < 4.78 is 3.95. The highest BCUT2D eigenvalue weighted by Crippen LogP contribution is 2.23. The predicted molar refractivity (Wildman–Crippen MR) is 97.0 cm³/mol. The molecule has 3 aromatic rings. The number of nitrogens with zero attached hydrogens (tertiary/aromatic N) is 2. The summed E-state index contributed by atoms with van der Waals surface area (Å²) in [6, 6.07) is 20.1. The first-order valence-corrected chi connectivity index (χ1v) is 8.74. The van der Waals surface area contributed by atoms with E-state index in [1.54, 1.807) is 0 Å². The molecule has 122 valence electrons. The molecule has 4 nitrogen and oxygen atoms in total. The molecule has 0 aliphatic heterocycles. The number of amides is 1. The predicted octanol–water partition coefficient (Wildman–Crippen LogP) is 3.96. The minimum absolute atomic E-state index is 0.0865. The molecule has 0 radical (unpaired) electrons. The van der Waals surface area contributed by atoms with Crippen molar-refractivity contribution >= 4 is 17.4 Å². The van der Waals surface area contributed by atoms with Crippen molar-refractivity contribution in [2.45, 2.75) is 25.8 Å². The molecule has 2 aromatic carbocycles. The Morgan fingerprint density at radius 1 is 1.08 bits per heavy atom. The Hall–Kier alpha value is -2.53. The summed E-state index contributed by atoms with van der Waals surface area (Å²) in [6.07, 6.45) is 1.83. The largest absolute Gasteiger partial charge is 0.349 e. The van der Waals surface area contributed by atoms with Crippen LogP contribution in [0.5, 0.6) is 0 Å². The van der Waals surface area contributed by atoms with Crippen LogP contribution in [-0.2, 0) is 6.42 Å². The number of carbonyl (C=O) groups excluding carboxylic acids is 1. The average Bonchev–Trinajstić information content (AvgIpc) is 3.11. The molecule has 24 heavy (non-hydrogen) atoms. The molecule has 0 bridgehead atoms. The second-order valence-corrected chi connectivity index (χ2v) is 6.47. The van der Waals surface area contributed by atoms with E-state index in [4.69, 9.17) is 0 Å². The number of hydrogen-bond acceptors (Lipinski definition) is 4. The van der Waals surface area contributed by atoms with Gasteiger partial charge in [0.05, 0.1) is 0 Å². The lowest BCUT2D eigenvalue weighted by molar-refractivity contribution is 0.0943. The van der Waals surface area contributed by atoms with E-state index in [2.05, 4.69) is 27.0 Å². The number of benzene rings is 2. The summed E-state index contributed by atoms with van der Waals surface area (Å²) in [5.74, 6) is -0.107. The van der Waals surface area contributed by atoms with Gasteiger partial charge in [-0.1, -0.05) is 65.2 Å². The van der Waals surface area contributed by atoms with Crippen LogP contribution in [0, 0.1) is 0 Å². The molecule has 1 amide bonds. The van der Waals surface area contributed by atoms with Crippen molar-refractivity contribution in [2.75, 3.05) is 0 Å². The Morgan fingerprint density at radius 2 is 1.75 bits per heavy atom. The lowest BCUT2D eigenvalue weighted by Crippen LogP contribution is -2.32. The van der Waals surface area contributed by atoms with E-state index in [0.29, 0.717) is 10.6 Å². The van der Waals surface area contributed by atoms with E-state index in [1.165, 1.54) is 5.56 Å². The molecule has 5 heteroatoms. The number of hydrogen-bond donors (Lipinski definition) is 1. The molecule has 1 heterocycles. The van der Waals surface area contributed by atoms with Crippen LogP contribution in [-0.4, -0.2) is 21.5 Å². The zero-order valence-corrected chi connectivity index (χ0v) is 14.3. The Kier molecular flexibility index (Phi) is 5.33. The third kappa shape index (κ3) is 4.06. The summed E-state index contributed by atoms with van der Waals surface area (Å²) in [4.78, 5) is 13.1. The fourth-order valence-electron chi connectivity index (χ4n) is 2.51. The lowest BCUT2D eigenvalue weighted by Gasteiger charge is -2.13. The van der Waals surface area contributed by atoms with Crippen LogP contribution in [0.1, 0.15) is 28.6 Å². The maximum Gasteiger partial charge on any atom is 0.265 e. The van der Waals surface area contributed by atoms with Crippen molar-refractivity contribution in [1.29, 1.82) is 0 Å². The SMILES string of the molecule is C[C@@H](CCc1ccccc1)NC(=O)c1snnc1-c1ccccc1. The van der Waals surface area contributed by atoms with Crippen LogP contribution in [0.15, 0.2) is 60.7 Å². The number of carbonyl (C=O) groups is 1. The zero-order valence-electron chi connectivity index (χ0n) is 13.5. The van der Waals surface area contributed by atoms with Gasteiger partial charge in [-0.25, -0.2) is 0 Å². The van der Waals surface area contributed by atoms with E-state index in [1.807, 2.05) is 55.5 Å². The Balaban J connectivity index is 1.62. The molecule has 0 unspecified atom stereocenters. The first kappa shape index (κ1) is 16.3. The van der Waals surface area contributed by atoms with Crippen LogP contribution >= 0.6 is 11.5 Å². The normalized spacial score (nSPS) is 11.9. The number of aryl methyl sites for hydroxylation is 1. The van der Waals surface area contributed by atoms with E-state index < -0.39 is 0 Å². The van der Waals surface area contributed by atoms with Gasteiger partial charge in [-0.2, -0.15) is 0 Å². The van der Waals surface area contributed by atoms with Crippen molar-refractivity contribution in [3.63, 3.8) is 0 Å². The number of aromatic nitrogens is 2. The molecular weight excluding hydrogens is 318 g/mol. The summed E-state index contributed by atoms with van der Waals surface area (Å²) in [5, 5.41) is 7.17. The van der Waals surface area contributed by atoms with E-state index >= 15 is 0 Å². The maximum atomic E-state index is 12.5. The van der Waals surface area contributed by atoms with Crippen LogP contribution < -0.4 is 5.32 Å². The van der Waals surface area contributed by atoms with Gasteiger partial charge in [0.15, 0.2) is 0 Å². The van der Waals surface area contributed by atoms with Gasteiger partial charge in [0.2, 0.25) is 0 Å². The second-order valence-electron chi connectivity index (χ2n) is 5.72. The molecular formula is C19H19N3OS. The molecule has 0 fully saturated rings. The minimum atomic E-state index is -0.107. The van der Waals surface area contributed by atoms with E-state index in [-0.39, 0.29) is 11.9 Å². The van der Waals surface area contributed by atoms with Gasteiger partial charge in [-0.3, -0.25) is 4.79 Å². The molecule has 0 aliphatic rings. The van der Waals surface area contributed by atoms with E-state index in [9.17, 15) is 4.79 Å². The molecule has 3 rings (SSSR count). The van der Waals surface area contributed by atoms with Crippen molar-refractivity contribution in [3.05, 3.63) is 71.1 Å². The van der Waals surface area contributed by atoms with Gasteiger partial charge in [-0.15, -0.1) is 5.10 Å². The smallest absolute Gasteiger partial charge is 0.265 e.